The van der Waals surface area contributed by atoms with Crippen LogP contribution in [-0.2, 0) is 4.79 Å². The van der Waals surface area contributed by atoms with Crippen LogP contribution in [0.4, 0.5) is 0 Å². The number of Topliss-reactive ketones (excluding diaryl/α,β-unsaturated/α-hetero) is 1. The average molecular weight is 129 g/mol. The second-order valence-electron chi connectivity index (χ2n) is 2.30. The van der Waals surface area contributed by atoms with Crippen molar-refractivity contribution in [1.29, 1.82) is 0 Å². The van der Waals surface area contributed by atoms with Gasteiger partial charge in [-0.15, -0.1) is 0 Å². The van der Waals surface area contributed by atoms with Crippen LogP contribution in [0.15, 0.2) is 0 Å². The van der Waals surface area contributed by atoms with Gasteiger partial charge < -0.3 is 5.32 Å². The normalized spacial score (nSPS) is 13.2. The van der Waals surface area contributed by atoms with E-state index in [1.54, 1.807) is 6.92 Å². The van der Waals surface area contributed by atoms with Gasteiger partial charge in [-0.3, -0.25) is 4.79 Å². The van der Waals surface area contributed by atoms with Crippen LogP contribution >= 0.6 is 0 Å². The predicted molar refractivity (Wildman–Crippen MR) is 38.4 cm³/mol. The Morgan fingerprint density at radius 1 is 1.67 bits per heavy atom. The molecular weight excluding hydrogens is 114 g/mol. The van der Waals surface area contributed by atoms with E-state index in [1.165, 1.54) is 0 Å². The van der Waals surface area contributed by atoms with Gasteiger partial charge in [0.15, 0.2) is 0 Å². The predicted octanol–water partition coefficient (Wildman–Crippen LogP) is 0.964. The summed E-state index contributed by atoms with van der Waals surface area (Å²) in [4.78, 5) is 10.5. The Kier molecular flexibility index (Phi) is 4.32. The molecule has 54 valence electrons. The first-order valence-electron chi connectivity index (χ1n) is 3.37. The molecule has 0 rings (SSSR count). The number of nitrogens with one attached hydrogen (secondary N) is 1. The van der Waals surface area contributed by atoms with Gasteiger partial charge in [0.05, 0.1) is 0 Å². The molecule has 0 aliphatic rings. The summed E-state index contributed by atoms with van der Waals surface area (Å²) in [5.74, 6) is 0.260. The molecule has 0 bridgehead atoms. The number of carbonyl (C=O) groups excluding carboxylic acids is 1. The van der Waals surface area contributed by atoms with Gasteiger partial charge in [-0.2, -0.15) is 0 Å². The maximum Gasteiger partial charge on any atom is 0.131 e. The highest BCUT2D eigenvalue weighted by molar-refractivity contribution is 5.76. The topological polar surface area (TPSA) is 29.1 Å². The van der Waals surface area contributed by atoms with Crippen LogP contribution in [0.5, 0.6) is 0 Å². The molecule has 1 atom stereocenters. The Bertz CT molecular complexity index is 86.9. The third-order valence-corrected chi connectivity index (χ3v) is 1.43. The molecule has 0 aliphatic carbocycles. The quantitative estimate of drug-likeness (QED) is 0.612. The third-order valence-electron chi connectivity index (χ3n) is 1.43. The van der Waals surface area contributed by atoms with E-state index in [0.29, 0.717) is 12.5 Å². The first kappa shape index (κ1) is 8.63. The van der Waals surface area contributed by atoms with Gasteiger partial charge in [0, 0.05) is 12.5 Å². The van der Waals surface area contributed by atoms with E-state index in [-0.39, 0.29) is 5.78 Å². The van der Waals surface area contributed by atoms with E-state index >= 15 is 0 Å². The molecule has 0 aromatic rings. The summed E-state index contributed by atoms with van der Waals surface area (Å²) < 4.78 is 0. The molecule has 2 heteroatoms. The van der Waals surface area contributed by atoms with Gasteiger partial charge >= 0.3 is 0 Å². The molecule has 0 aromatic heterocycles. The van der Waals surface area contributed by atoms with Crippen molar-refractivity contribution in [1.82, 2.24) is 5.32 Å². The molecule has 0 amide bonds. The van der Waals surface area contributed by atoms with Gasteiger partial charge in [-0.25, -0.2) is 0 Å². The monoisotopic (exact) mass is 129 g/mol. The number of hydrogen-bond acceptors (Lipinski definition) is 2. The van der Waals surface area contributed by atoms with E-state index in [4.69, 9.17) is 0 Å². The summed E-state index contributed by atoms with van der Waals surface area (Å²) in [6, 6.07) is 0.377. The van der Waals surface area contributed by atoms with Gasteiger partial charge in [-0.1, -0.05) is 6.92 Å². The number of hydrogen-bond donors (Lipinski definition) is 1. The Labute approximate surface area is 56.6 Å². The molecule has 0 radical (unpaired) electrons. The van der Waals surface area contributed by atoms with Crippen LogP contribution in [0.3, 0.4) is 0 Å². The number of carbonyl (C=O) groups is 1. The van der Waals surface area contributed by atoms with Gasteiger partial charge in [0.1, 0.15) is 5.78 Å². The first-order valence-corrected chi connectivity index (χ1v) is 3.37. The van der Waals surface area contributed by atoms with E-state index in [9.17, 15) is 4.79 Å². The molecule has 0 aliphatic heterocycles. The summed E-state index contributed by atoms with van der Waals surface area (Å²) in [7, 11) is 1.89. The van der Waals surface area contributed by atoms with Crippen LogP contribution in [0.1, 0.15) is 26.7 Å². The molecule has 1 N–H and O–H groups in total. The minimum atomic E-state index is 0.260. The Hall–Kier alpha value is -0.370. The second kappa shape index (κ2) is 4.50. The Balaban J connectivity index is 3.43. The molecule has 1 unspecified atom stereocenters. The minimum absolute atomic E-state index is 0.260. The minimum Gasteiger partial charge on any atom is -0.317 e. The third kappa shape index (κ3) is 4.15. The molecule has 0 saturated heterocycles. The molecule has 2 nitrogen and oxygen atoms in total. The summed E-state index contributed by atoms with van der Waals surface area (Å²) >= 11 is 0. The summed E-state index contributed by atoms with van der Waals surface area (Å²) in [5.41, 5.74) is 0. The van der Waals surface area contributed by atoms with Crippen LogP contribution in [0.2, 0.25) is 0 Å². The number of rotatable bonds is 4. The van der Waals surface area contributed by atoms with E-state index in [0.717, 1.165) is 6.42 Å². The Morgan fingerprint density at radius 3 is 2.33 bits per heavy atom. The summed E-state index contributed by atoms with van der Waals surface area (Å²) in [5, 5.41) is 3.06. The van der Waals surface area contributed by atoms with Crippen molar-refractivity contribution in [3.05, 3.63) is 0 Å². The summed E-state index contributed by atoms with van der Waals surface area (Å²) in [6.07, 6.45) is 1.68. The molecule has 9 heavy (non-hydrogen) atoms. The fraction of sp³-hybridized carbons (Fsp3) is 0.857. The SMILES string of the molecule is CCC(CC(C)=O)NC. The van der Waals surface area contributed by atoms with Crippen molar-refractivity contribution in [2.45, 2.75) is 32.7 Å². The van der Waals surface area contributed by atoms with E-state index in [1.807, 2.05) is 7.05 Å². The van der Waals surface area contributed by atoms with E-state index < -0.39 is 0 Å². The zero-order valence-electron chi connectivity index (χ0n) is 6.40. The van der Waals surface area contributed by atoms with Crippen LogP contribution in [-0.4, -0.2) is 18.9 Å². The first-order chi connectivity index (χ1) is 4.20. The summed E-state index contributed by atoms with van der Waals surface area (Å²) in [6.45, 7) is 3.70. The molecule has 0 aromatic carbocycles. The lowest BCUT2D eigenvalue weighted by atomic mass is 10.1. The highest BCUT2D eigenvalue weighted by Crippen LogP contribution is 1.95. The zero-order valence-corrected chi connectivity index (χ0v) is 6.40. The standard InChI is InChI=1S/C7H15NO/c1-4-7(8-3)5-6(2)9/h7-8H,4-5H2,1-3H3. The highest BCUT2D eigenvalue weighted by Gasteiger charge is 2.04. The lowest BCUT2D eigenvalue weighted by molar-refractivity contribution is -0.117. The van der Waals surface area contributed by atoms with Crippen molar-refractivity contribution in [2.24, 2.45) is 0 Å². The fourth-order valence-electron chi connectivity index (χ4n) is 0.798. The molecule has 0 spiro atoms. The van der Waals surface area contributed by atoms with E-state index in [2.05, 4.69) is 12.2 Å². The van der Waals surface area contributed by atoms with Crippen LogP contribution in [0.25, 0.3) is 0 Å². The molecule has 0 heterocycles. The molecule has 0 fully saturated rings. The smallest absolute Gasteiger partial charge is 0.131 e. The van der Waals surface area contributed by atoms with Gasteiger partial charge in [0.2, 0.25) is 0 Å². The lowest BCUT2D eigenvalue weighted by Gasteiger charge is -2.09. The maximum absolute atomic E-state index is 10.5. The van der Waals surface area contributed by atoms with Crippen LogP contribution < -0.4 is 5.32 Å². The Morgan fingerprint density at radius 2 is 2.22 bits per heavy atom. The van der Waals surface area contributed by atoms with Crippen molar-refractivity contribution in [2.75, 3.05) is 7.05 Å². The highest BCUT2D eigenvalue weighted by atomic mass is 16.1. The van der Waals surface area contributed by atoms with Gasteiger partial charge in [0.25, 0.3) is 0 Å². The largest absolute Gasteiger partial charge is 0.317 e. The zero-order chi connectivity index (χ0) is 7.28. The van der Waals surface area contributed by atoms with Crippen LogP contribution in [0, 0.1) is 0 Å². The number of ketones is 1. The molecule has 0 saturated carbocycles. The van der Waals surface area contributed by atoms with Crippen molar-refractivity contribution >= 4 is 5.78 Å². The average Bonchev–Trinajstić information content (AvgIpc) is 1.82. The lowest BCUT2D eigenvalue weighted by Crippen LogP contribution is -2.26. The fourth-order valence-corrected chi connectivity index (χ4v) is 0.798. The van der Waals surface area contributed by atoms with Crippen molar-refractivity contribution in [3.63, 3.8) is 0 Å². The second-order valence-corrected chi connectivity index (χ2v) is 2.30. The molecular formula is C7H15NO. The van der Waals surface area contributed by atoms with Crippen molar-refractivity contribution < 1.29 is 4.79 Å². The van der Waals surface area contributed by atoms with Crippen molar-refractivity contribution in [3.8, 4) is 0 Å². The van der Waals surface area contributed by atoms with Gasteiger partial charge in [-0.05, 0) is 20.4 Å². The maximum atomic E-state index is 10.5.